The van der Waals surface area contributed by atoms with E-state index < -0.39 is 19.5 Å². The van der Waals surface area contributed by atoms with Gasteiger partial charge in [0.25, 0.3) is 5.78 Å². The molecule has 0 atom stereocenters. The maximum atomic E-state index is 8.51. The third kappa shape index (κ3) is 6.88. The van der Waals surface area contributed by atoms with Crippen LogP contribution in [-0.2, 0) is 0 Å². The molecule has 0 heterocycles. The van der Waals surface area contributed by atoms with Crippen molar-refractivity contribution in [1.29, 1.82) is 0 Å². The highest BCUT2D eigenvalue weighted by molar-refractivity contribution is 5.73. The van der Waals surface area contributed by atoms with Gasteiger partial charge in [-0.2, -0.15) is 0 Å². The van der Waals surface area contributed by atoms with E-state index in [9.17, 15) is 0 Å². The predicted molar refractivity (Wildman–Crippen MR) is 18.3 cm³/mol. The van der Waals surface area contributed by atoms with Gasteiger partial charge in [0.05, 0.1) is 0 Å². The van der Waals surface area contributed by atoms with Crippen LogP contribution < -0.4 is 0 Å². The third-order valence-corrected chi connectivity index (χ3v) is 0. The monoisotopic (exact) mass is 65.1 g/mol. The molecule has 0 aliphatic rings. The van der Waals surface area contributed by atoms with E-state index >= 15 is 0 Å². The number of rotatable bonds is 0. The Hall–Kier alpha value is -0.330. The Morgan fingerprint density at radius 3 is 2.50 bits per heavy atom. The molecule has 0 aromatic heterocycles. The van der Waals surface area contributed by atoms with Gasteiger partial charge in [0.2, 0.25) is 0 Å². The van der Waals surface area contributed by atoms with E-state index in [1.54, 1.807) is 0 Å². The van der Waals surface area contributed by atoms with Gasteiger partial charge in [-0.25, -0.2) is 0 Å². The normalized spacial score (nSPS) is 35.0. The molecule has 0 saturated heterocycles. The van der Waals surface area contributed by atoms with E-state index in [1.807, 2.05) is 0 Å². The number of hydrogen-bond donors (Lipinski definition) is 0. The maximum Gasteiger partial charge on any atom is 0.286 e. The van der Waals surface area contributed by atoms with Crippen LogP contribution >= 0.6 is 0 Å². The van der Waals surface area contributed by atoms with Crippen molar-refractivity contribution in [2.75, 3.05) is 0 Å². The molecule has 0 aromatic rings. The van der Waals surface area contributed by atoms with Crippen molar-refractivity contribution >= 4 is 5.78 Å². The van der Waals surface area contributed by atoms with Crippen LogP contribution in [0.15, 0.2) is 0 Å². The van der Waals surface area contributed by atoms with E-state index in [4.69, 9.17) is 13.0 Å². The van der Waals surface area contributed by atoms with Crippen LogP contribution in [0.5, 0.6) is 0 Å². The Kier molecular flexibility index (Phi) is 0.0909. The fraction of sp³-hybridized carbons (Fsp3) is 0.667. The zero-order valence-electron chi connectivity index (χ0n) is 7.95. The van der Waals surface area contributed by atoms with E-state index in [-0.39, 0.29) is 0 Å². The first kappa shape index (κ1) is 0.348. The minimum Gasteiger partial charge on any atom is -0.284 e. The highest BCUT2D eigenvalue weighted by atomic mass is 16.1. The highest BCUT2D eigenvalue weighted by Crippen LogP contribution is 1.49. The second-order valence-corrected chi connectivity index (χ2v) is 0.349. The Labute approximate surface area is 34.1 Å². The summed E-state index contributed by atoms with van der Waals surface area (Å²) in [5.74, 6) is -1.43. The summed E-state index contributed by atoms with van der Waals surface area (Å²) in [4.78, 5) is 8.51. The fourth-order valence-corrected chi connectivity index (χ4v) is 0. The number of carbonyl (C=O) groups excluding carboxylic acids is 1. The fourth-order valence-electron chi connectivity index (χ4n) is 0. The molecule has 0 aromatic carbocycles. The average Bonchev–Trinajstić information content (AvgIpc) is 1.59. The van der Waals surface area contributed by atoms with Gasteiger partial charge in [-0.05, 0) is 0 Å². The van der Waals surface area contributed by atoms with E-state index in [2.05, 4.69) is 0 Å². The molecule has 0 unspecified atom stereocenters. The highest BCUT2D eigenvalue weighted by Gasteiger charge is 1.73. The smallest absolute Gasteiger partial charge is 0.284 e. The molecule has 0 bridgehead atoms. The zero-order valence-corrected chi connectivity index (χ0v) is 1.95. The first-order valence-electron chi connectivity index (χ1n) is 3.72. The summed E-state index contributed by atoms with van der Waals surface area (Å²) in [6, 6.07) is 0. The molecule has 0 spiro atoms. The lowest BCUT2D eigenvalue weighted by molar-refractivity contribution is 0.670. The van der Waals surface area contributed by atoms with Crippen LogP contribution in [0.3, 0.4) is 0 Å². The molecular weight excluding hydrogens is 52.0 g/mol. The molecule has 1 N–H and O–H groups in total. The summed E-state index contributed by atoms with van der Waals surface area (Å²) in [5.41, 5.74) is 0. The van der Waals surface area contributed by atoms with Crippen LogP contribution in [-0.4, -0.2) is 10.6 Å². The molecule has 0 rings (SSSR count). The SMILES string of the molecule is [2H]C([2H])([2H])C(=[OH+])C([2H])([2H])[2H]. The van der Waals surface area contributed by atoms with E-state index in [1.165, 1.54) is 0 Å². The summed E-state index contributed by atoms with van der Waals surface area (Å²) in [5, 5.41) is 0. The lowest BCUT2D eigenvalue weighted by Gasteiger charge is -1.46. The Bertz CT molecular complexity index is 124. The largest absolute Gasteiger partial charge is 0.286 e. The summed E-state index contributed by atoms with van der Waals surface area (Å²) in [6.45, 7) is -5.80. The Morgan fingerprint density at radius 1 is 2.00 bits per heavy atom. The van der Waals surface area contributed by atoms with Gasteiger partial charge in [0.15, 0.2) is 0 Å². The van der Waals surface area contributed by atoms with Crippen molar-refractivity contribution < 1.29 is 13.0 Å². The quantitative estimate of drug-likeness (QED) is 0.368. The van der Waals surface area contributed by atoms with Crippen molar-refractivity contribution in [2.24, 2.45) is 0 Å². The molecule has 0 radical (unpaired) electrons. The lowest BCUT2D eigenvalue weighted by Crippen LogP contribution is -1.71. The van der Waals surface area contributed by atoms with Crippen LogP contribution in [0.4, 0.5) is 0 Å². The van der Waals surface area contributed by atoms with Crippen LogP contribution in [0.1, 0.15) is 21.9 Å². The molecule has 4 heavy (non-hydrogen) atoms. The molecule has 0 amide bonds. The van der Waals surface area contributed by atoms with Crippen LogP contribution in [0.2, 0.25) is 0 Å². The van der Waals surface area contributed by atoms with Crippen LogP contribution in [0, 0.1) is 0 Å². The summed E-state index contributed by atoms with van der Waals surface area (Å²) in [6.07, 6.45) is 0. The van der Waals surface area contributed by atoms with Gasteiger partial charge < -0.3 is 0 Å². The second kappa shape index (κ2) is 1.04. The third-order valence-electron chi connectivity index (χ3n) is 0. The first-order chi connectivity index (χ1) is 4.15. The van der Waals surface area contributed by atoms with Gasteiger partial charge in [-0.3, -0.25) is 4.79 Å². The topological polar surface area (TPSA) is 21.4 Å². The van der Waals surface area contributed by atoms with Crippen LogP contribution in [0.25, 0.3) is 0 Å². The molecule has 1 nitrogen and oxygen atoms in total. The minimum atomic E-state index is -2.90. The molecule has 0 saturated carbocycles. The molecular formula is C3H7O+. The molecule has 0 fully saturated rings. The first-order valence-corrected chi connectivity index (χ1v) is 0.724. The van der Waals surface area contributed by atoms with Gasteiger partial charge in [0.1, 0.15) is 0 Å². The van der Waals surface area contributed by atoms with Crippen molar-refractivity contribution in [1.82, 2.24) is 0 Å². The lowest BCUT2D eigenvalue weighted by atomic mass is 10.6. The Balaban J connectivity index is 4.40. The van der Waals surface area contributed by atoms with Crippen molar-refractivity contribution in [3.05, 3.63) is 0 Å². The maximum absolute atomic E-state index is 8.51. The standard InChI is InChI=1S/C3H6O/c1-3(2)4/h1-2H3/p+1/i1D3,2D3. The van der Waals surface area contributed by atoms with E-state index in [0.29, 0.717) is 0 Å². The summed E-state index contributed by atoms with van der Waals surface area (Å²) in [7, 11) is 0. The Morgan fingerprint density at radius 2 is 2.50 bits per heavy atom. The molecule has 0 aliphatic carbocycles. The molecule has 24 valence electrons. The number of hydrogen-bond acceptors (Lipinski definition) is 0. The average molecular weight is 65.1 g/mol. The summed E-state index contributed by atoms with van der Waals surface area (Å²) < 4.78 is 38.9. The minimum absolute atomic E-state index is 1.43. The van der Waals surface area contributed by atoms with Gasteiger partial charge in [-0.15, -0.1) is 0 Å². The second-order valence-electron chi connectivity index (χ2n) is 0.349. The van der Waals surface area contributed by atoms with Crippen molar-refractivity contribution in [3.63, 3.8) is 0 Å². The zero-order chi connectivity index (χ0) is 8.58. The molecule has 1 heteroatoms. The van der Waals surface area contributed by atoms with Gasteiger partial charge in [0, 0.05) is 21.9 Å². The van der Waals surface area contributed by atoms with Gasteiger partial charge >= 0.3 is 0 Å². The summed E-state index contributed by atoms with van der Waals surface area (Å²) >= 11 is 0. The predicted octanol–water partition coefficient (Wildman–Crippen LogP) is 0.571. The van der Waals surface area contributed by atoms with Crippen molar-refractivity contribution in [3.8, 4) is 0 Å². The van der Waals surface area contributed by atoms with E-state index in [0.717, 1.165) is 0 Å². The number of ketones is 1. The van der Waals surface area contributed by atoms with Gasteiger partial charge in [-0.1, -0.05) is 0 Å². The van der Waals surface area contributed by atoms with Crippen molar-refractivity contribution in [2.45, 2.75) is 13.7 Å². The molecule has 0 aliphatic heterocycles.